The number of sulfonamides is 1. The van der Waals surface area contributed by atoms with Gasteiger partial charge in [0.15, 0.2) is 0 Å². The average molecular weight is 460 g/mol. The fourth-order valence-corrected chi connectivity index (χ4v) is 8.61. The van der Waals surface area contributed by atoms with E-state index in [2.05, 4.69) is 10.6 Å². The summed E-state index contributed by atoms with van der Waals surface area (Å²) in [7, 11) is -3.50. The van der Waals surface area contributed by atoms with E-state index < -0.39 is 10.0 Å². The maximum Gasteiger partial charge on any atom is 0.239 e. The first-order valence-corrected chi connectivity index (χ1v) is 13.5. The fraction of sp³-hybridized carbons (Fsp3) is 0.667. The molecule has 4 fully saturated rings. The van der Waals surface area contributed by atoms with Crippen LogP contribution >= 0.6 is 0 Å². The highest BCUT2D eigenvalue weighted by Gasteiger charge is 2.51. The third kappa shape index (κ3) is 4.38. The summed E-state index contributed by atoms with van der Waals surface area (Å²) in [4.78, 5) is 24.7. The standard InChI is InChI=1S/C24H33N3O4S/c28-22(15-24-12-17-9-18(13-24)11-19(10-17)14-24)26-16-23(29)25-6-8-32(30,31)27-7-5-20-3-1-2-4-21(20)27/h1-4,17-19H,5-16H2,(H,25,29)(H,26,28). The highest BCUT2D eigenvalue weighted by Crippen LogP contribution is 2.61. The summed E-state index contributed by atoms with van der Waals surface area (Å²) in [6.45, 7) is 0.373. The summed E-state index contributed by atoms with van der Waals surface area (Å²) in [6.07, 6.45) is 8.74. The fourth-order valence-electron chi connectivity index (χ4n) is 7.18. The molecule has 2 amide bonds. The van der Waals surface area contributed by atoms with E-state index in [9.17, 15) is 18.0 Å². The van der Waals surface area contributed by atoms with E-state index in [1.54, 1.807) is 0 Å². The molecule has 32 heavy (non-hydrogen) atoms. The lowest BCUT2D eigenvalue weighted by molar-refractivity contribution is -0.131. The van der Waals surface area contributed by atoms with Crippen LogP contribution in [0.1, 0.15) is 50.5 Å². The van der Waals surface area contributed by atoms with Gasteiger partial charge in [-0.05, 0) is 79.7 Å². The number of rotatable bonds is 8. The molecule has 0 spiro atoms. The molecule has 0 radical (unpaired) electrons. The number of nitrogens with zero attached hydrogens (tertiary/aromatic N) is 1. The molecule has 4 bridgehead atoms. The van der Waals surface area contributed by atoms with E-state index >= 15 is 0 Å². The zero-order chi connectivity index (χ0) is 22.3. The summed E-state index contributed by atoms with van der Waals surface area (Å²) in [6, 6.07) is 7.50. The zero-order valence-corrected chi connectivity index (χ0v) is 19.3. The summed E-state index contributed by atoms with van der Waals surface area (Å²) in [5.41, 5.74) is 1.91. The smallest absolute Gasteiger partial charge is 0.239 e. The summed E-state index contributed by atoms with van der Waals surface area (Å²) >= 11 is 0. The van der Waals surface area contributed by atoms with Crippen molar-refractivity contribution < 1.29 is 18.0 Å². The lowest BCUT2D eigenvalue weighted by Crippen LogP contribution is -2.48. The van der Waals surface area contributed by atoms with Crippen LogP contribution in [0.5, 0.6) is 0 Å². The van der Waals surface area contributed by atoms with Crippen LogP contribution in [0.3, 0.4) is 0 Å². The van der Waals surface area contributed by atoms with Crippen LogP contribution in [-0.4, -0.2) is 45.6 Å². The van der Waals surface area contributed by atoms with Gasteiger partial charge in [0.25, 0.3) is 0 Å². The topological polar surface area (TPSA) is 95.6 Å². The zero-order valence-electron chi connectivity index (χ0n) is 18.5. The Balaban J connectivity index is 1.05. The number of para-hydroxylation sites is 1. The molecule has 1 aliphatic heterocycles. The maximum absolute atomic E-state index is 12.7. The van der Waals surface area contributed by atoms with Gasteiger partial charge in [-0.1, -0.05) is 18.2 Å². The molecule has 0 saturated heterocycles. The predicted octanol–water partition coefficient (Wildman–Crippen LogP) is 2.22. The van der Waals surface area contributed by atoms with Gasteiger partial charge in [0.2, 0.25) is 21.8 Å². The summed E-state index contributed by atoms with van der Waals surface area (Å²) in [5, 5.41) is 5.40. The number of nitrogens with one attached hydrogen (secondary N) is 2. The van der Waals surface area contributed by atoms with Gasteiger partial charge in [-0.15, -0.1) is 0 Å². The molecule has 6 rings (SSSR count). The number of benzene rings is 1. The van der Waals surface area contributed by atoms with Gasteiger partial charge in [-0.2, -0.15) is 0 Å². The van der Waals surface area contributed by atoms with E-state index in [4.69, 9.17) is 0 Å². The van der Waals surface area contributed by atoms with Crippen molar-refractivity contribution >= 4 is 27.5 Å². The minimum Gasteiger partial charge on any atom is -0.353 e. The SMILES string of the molecule is O=C(CNC(=O)CC12CC3CC(CC(C3)C1)C2)NCCS(=O)(=O)N1CCc2ccccc21. The monoisotopic (exact) mass is 459 g/mol. The first-order chi connectivity index (χ1) is 15.3. The maximum atomic E-state index is 12.7. The molecule has 1 aromatic carbocycles. The molecule has 8 heteroatoms. The third-order valence-electron chi connectivity index (χ3n) is 8.01. The number of fused-ring (bicyclic) bond motifs is 1. The van der Waals surface area contributed by atoms with Crippen molar-refractivity contribution in [2.45, 2.75) is 51.4 Å². The molecule has 174 valence electrons. The number of carbonyl (C=O) groups excluding carboxylic acids is 2. The Kier molecular flexibility index (Phi) is 5.68. The minimum atomic E-state index is -3.50. The highest BCUT2D eigenvalue weighted by atomic mass is 32.2. The second-order valence-corrected chi connectivity index (χ2v) is 12.5. The Morgan fingerprint density at radius 3 is 2.31 bits per heavy atom. The average Bonchev–Trinajstić information content (AvgIpc) is 3.16. The minimum absolute atomic E-state index is 0.0324. The van der Waals surface area contributed by atoms with Gasteiger partial charge in [-0.3, -0.25) is 13.9 Å². The van der Waals surface area contributed by atoms with Crippen molar-refractivity contribution in [3.05, 3.63) is 29.8 Å². The van der Waals surface area contributed by atoms with Gasteiger partial charge in [0.1, 0.15) is 0 Å². The van der Waals surface area contributed by atoms with Crippen molar-refractivity contribution in [1.29, 1.82) is 0 Å². The first kappa shape index (κ1) is 21.7. The van der Waals surface area contributed by atoms with Crippen LogP contribution in [0.4, 0.5) is 5.69 Å². The Bertz CT molecular complexity index is 971. The molecular formula is C24H33N3O4S. The molecule has 1 heterocycles. The van der Waals surface area contributed by atoms with Gasteiger partial charge < -0.3 is 10.6 Å². The first-order valence-electron chi connectivity index (χ1n) is 11.9. The quantitative estimate of drug-likeness (QED) is 0.623. The largest absolute Gasteiger partial charge is 0.353 e. The van der Waals surface area contributed by atoms with Crippen LogP contribution < -0.4 is 14.9 Å². The van der Waals surface area contributed by atoms with Crippen LogP contribution in [0.15, 0.2) is 24.3 Å². The van der Waals surface area contributed by atoms with Crippen molar-refractivity contribution in [2.75, 3.05) is 29.7 Å². The third-order valence-corrected chi connectivity index (χ3v) is 9.78. The van der Waals surface area contributed by atoms with Crippen LogP contribution in [0, 0.1) is 23.2 Å². The molecule has 7 nitrogen and oxygen atoms in total. The van der Waals surface area contributed by atoms with Crippen molar-refractivity contribution in [2.24, 2.45) is 23.2 Å². The highest BCUT2D eigenvalue weighted by molar-refractivity contribution is 7.92. The number of hydrogen-bond acceptors (Lipinski definition) is 4. The number of anilines is 1. The van der Waals surface area contributed by atoms with E-state index in [1.165, 1.54) is 23.6 Å². The van der Waals surface area contributed by atoms with Gasteiger partial charge in [0.05, 0.1) is 18.0 Å². The second kappa shape index (κ2) is 8.36. The molecule has 0 atom stereocenters. The molecular weight excluding hydrogens is 426 g/mol. The van der Waals surface area contributed by atoms with E-state index in [0.29, 0.717) is 19.4 Å². The van der Waals surface area contributed by atoms with E-state index in [0.717, 1.165) is 48.3 Å². The van der Waals surface area contributed by atoms with Gasteiger partial charge in [0, 0.05) is 19.5 Å². The Morgan fingerprint density at radius 1 is 0.969 bits per heavy atom. The van der Waals surface area contributed by atoms with Crippen LogP contribution in [0.25, 0.3) is 0 Å². The normalized spacial score (nSPS) is 30.2. The molecule has 2 N–H and O–H groups in total. The number of carbonyl (C=O) groups is 2. The summed E-state index contributed by atoms with van der Waals surface area (Å²) < 4.78 is 26.8. The number of amides is 2. The molecule has 0 unspecified atom stereocenters. The lowest BCUT2D eigenvalue weighted by Gasteiger charge is -2.56. The molecule has 4 aliphatic carbocycles. The molecule has 1 aromatic rings. The second-order valence-electron chi connectivity index (χ2n) is 10.5. The van der Waals surface area contributed by atoms with E-state index in [1.807, 2.05) is 24.3 Å². The van der Waals surface area contributed by atoms with Crippen molar-refractivity contribution in [3.8, 4) is 0 Å². The predicted molar refractivity (Wildman–Crippen MR) is 123 cm³/mol. The van der Waals surface area contributed by atoms with Crippen molar-refractivity contribution in [3.63, 3.8) is 0 Å². The lowest BCUT2D eigenvalue weighted by atomic mass is 9.49. The molecule has 5 aliphatic rings. The van der Waals surface area contributed by atoms with Crippen molar-refractivity contribution in [1.82, 2.24) is 10.6 Å². The number of hydrogen-bond donors (Lipinski definition) is 2. The molecule has 0 aromatic heterocycles. The summed E-state index contributed by atoms with van der Waals surface area (Å²) in [5.74, 6) is 1.82. The Morgan fingerprint density at radius 2 is 1.62 bits per heavy atom. The molecule has 4 saturated carbocycles. The Hall–Kier alpha value is -2.09. The van der Waals surface area contributed by atoms with Crippen LogP contribution in [0.2, 0.25) is 0 Å². The van der Waals surface area contributed by atoms with E-state index in [-0.39, 0.29) is 36.1 Å². The van der Waals surface area contributed by atoms with Gasteiger partial charge >= 0.3 is 0 Å². The van der Waals surface area contributed by atoms with Gasteiger partial charge in [-0.25, -0.2) is 8.42 Å². The van der Waals surface area contributed by atoms with Crippen LogP contribution in [-0.2, 0) is 26.0 Å². The Labute approximate surface area is 190 Å².